The first-order valence-electron chi connectivity index (χ1n) is 7.80. The third-order valence-electron chi connectivity index (χ3n) is 4.44. The van der Waals surface area contributed by atoms with E-state index in [0.29, 0.717) is 12.1 Å². The van der Waals surface area contributed by atoms with Gasteiger partial charge in [-0.15, -0.1) is 0 Å². The lowest BCUT2D eigenvalue weighted by atomic mass is 9.95. The van der Waals surface area contributed by atoms with Crippen molar-refractivity contribution in [3.05, 3.63) is 34.3 Å². The maximum atomic E-state index is 3.70. The van der Waals surface area contributed by atoms with E-state index in [4.69, 9.17) is 0 Å². The lowest BCUT2D eigenvalue weighted by Crippen LogP contribution is -2.40. The van der Waals surface area contributed by atoms with Gasteiger partial charge in [0.1, 0.15) is 0 Å². The molecule has 1 unspecified atom stereocenters. The van der Waals surface area contributed by atoms with Gasteiger partial charge in [-0.2, -0.15) is 0 Å². The number of benzene rings is 1. The largest absolute Gasteiger partial charge is 0.317 e. The second kappa shape index (κ2) is 7.58. The first kappa shape index (κ1) is 16.0. The highest BCUT2D eigenvalue weighted by molar-refractivity contribution is 9.10. The molecule has 112 valence electrons. The topological polar surface area (TPSA) is 15.3 Å². The van der Waals surface area contributed by atoms with Crippen molar-refractivity contribution in [1.29, 1.82) is 0 Å². The van der Waals surface area contributed by atoms with Gasteiger partial charge in [-0.3, -0.25) is 4.90 Å². The van der Waals surface area contributed by atoms with E-state index in [1.165, 1.54) is 42.5 Å². The Morgan fingerprint density at radius 3 is 2.45 bits per heavy atom. The Balaban J connectivity index is 2.09. The van der Waals surface area contributed by atoms with E-state index >= 15 is 0 Å². The van der Waals surface area contributed by atoms with Crippen LogP contribution in [0.5, 0.6) is 0 Å². The summed E-state index contributed by atoms with van der Waals surface area (Å²) in [5.41, 5.74) is 1.40. The fourth-order valence-electron chi connectivity index (χ4n) is 3.17. The number of nitrogens with zero attached hydrogens (tertiary/aromatic N) is 1. The highest BCUT2D eigenvalue weighted by Crippen LogP contribution is 2.30. The van der Waals surface area contributed by atoms with Crippen LogP contribution in [0.4, 0.5) is 0 Å². The number of rotatable bonds is 5. The predicted octanol–water partition coefficient (Wildman–Crippen LogP) is 4.22. The molecule has 0 radical (unpaired) electrons. The van der Waals surface area contributed by atoms with E-state index in [2.05, 4.69) is 71.2 Å². The molecule has 1 aromatic carbocycles. The molecule has 0 bridgehead atoms. The molecule has 0 aromatic heterocycles. The SMILES string of the molecule is CC(C)N(CC1CCNCC1)C(C)c1ccccc1Br. The molecular formula is C17H27BrN2. The summed E-state index contributed by atoms with van der Waals surface area (Å²) < 4.78 is 1.23. The summed E-state index contributed by atoms with van der Waals surface area (Å²) in [7, 11) is 0. The van der Waals surface area contributed by atoms with Gasteiger partial charge in [-0.25, -0.2) is 0 Å². The van der Waals surface area contributed by atoms with E-state index in [9.17, 15) is 0 Å². The van der Waals surface area contributed by atoms with Crippen molar-refractivity contribution in [3.63, 3.8) is 0 Å². The number of hydrogen-bond donors (Lipinski definition) is 1. The van der Waals surface area contributed by atoms with Gasteiger partial charge in [0.2, 0.25) is 0 Å². The number of nitrogens with one attached hydrogen (secondary N) is 1. The number of hydrogen-bond acceptors (Lipinski definition) is 2. The van der Waals surface area contributed by atoms with E-state index < -0.39 is 0 Å². The summed E-state index contributed by atoms with van der Waals surface area (Å²) in [6.07, 6.45) is 2.62. The average Bonchev–Trinajstić information content (AvgIpc) is 2.45. The Bertz CT molecular complexity index is 413. The normalized spacial score (nSPS) is 18.7. The van der Waals surface area contributed by atoms with E-state index in [1.807, 2.05) is 0 Å². The van der Waals surface area contributed by atoms with Crippen LogP contribution >= 0.6 is 15.9 Å². The summed E-state index contributed by atoms with van der Waals surface area (Å²) in [6, 6.07) is 9.65. The highest BCUT2D eigenvalue weighted by atomic mass is 79.9. The van der Waals surface area contributed by atoms with E-state index in [-0.39, 0.29) is 0 Å². The maximum absolute atomic E-state index is 3.70. The molecule has 1 aromatic rings. The Labute approximate surface area is 132 Å². The molecule has 1 saturated heterocycles. The van der Waals surface area contributed by atoms with Crippen molar-refractivity contribution < 1.29 is 0 Å². The summed E-state index contributed by atoms with van der Waals surface area (Å²) in [4.78, 5) is 2.65. The minimum atomic E-state index is 0.459. The maximum Gasteiger partial charge on any atom is 0.0333 e. The van der Waals surface area contributed by atoms with Gasteiger partial charge in [0, 0.05) is 23.1 Å². The Kier molecular flexibility index (Phi) is 6.06. The van der Waals surface area contributed by atoms with Crippen LogP contribution in [-0.2, 0) is 0 Å². The zero-order chi connectivity index (χ0) is 14.5. The summed E-state index contributed by atoms with van der Waals surface area (Å²) >= 11 is 3.70. The van der Waals surface area contributed by atoms with Crippen LogP contribution in [0.1, 0.15) is 45.2 Å². The van der Waals surface area contributed by atoms with Crippen molar-refractivity contribution in [2.75, 3.05) is 19.6 Å². The first-order valence-corrected chi connectivity index (χ1v) is 8.59. The molecule has 0 aliphatic carbocycles. The van der Waals surface area contributed by atoms with Crippen molar-refractivity contribution in [2.45, 2.75) is 45.7 Å². The Hall–Kier alpha value is -0.380. The molecular weight excluding hydrogens is 312 g/mol. The second-order valence-electron chi connectivity index (χ2n) is 6.18. The fraction of sp³-hybridized carbons (Fsp3) is 0.647. The lowest BCUT2D eigenvalue weighted by molar-refractivity contribution is 0.124. The molecule has 1 heterocycles. The third-order valence-corrected chi connectivity index (χ3v) is 5.17. The molecule has 20 heavy (non-hydrogen) atoms. The first-order chi connectivity index (χ1) is 9.59. The van der Waals surface area contributed by atoms with Crippen molar-refractivity contribution in [1.82, 2.24) is 10.2 Å². The zero-order valence-corrected chi connectivity index (χ0v) is 14.5. The van der Waals surface area contributed by atoms with Crippen LogP contribution in [0.25, 0.3) is 0 Å². The molecule has 1 atom stereocenters. The number of piperidine rings is 1. The van der Waals surface area contributed by atoms with Gasteiger partial charge in [0.25, 0.3) is 0 Å². The highest BCUT2D eigenvalue weighted by Gasteiger charge is 2.24. The van der Waals surface area contributed by atoms with Gasteiger partial charge in [-0.1, -0.05) is 34.1 Å². The monoisotopic (exact) mass is 338 g/mol. The molecule has 2 nitrogen and oxygen atoms in total. The molecule has 0 amide bonds. The molecule has 3 heteroatoms. The van der Waals surface area contributed by atoms with E-state index in [0.717, 1.165) is 5.92 Å². The summed E-state index contributed by atoms with van der Waals surface area (Å²) in [5, 5.41) is 3.46. The van der Waals surface area contributed by atoms with Crippen LogP contribution in [0.3, 0.4) is 0 Å². The zero-order valence-electron chi connectivity index (χ0n) is 12.9. The molecule has 0 saturated carbocycles. The minimum Gasteiger partial charge on any atom is -0.317 e. The average molecular weight is 339 g/mol. The van der Waals surface area contributed by atoms with Crippen molar-refractivity contribution in [2.24, 2.45) is 5.92 Å². The lowest BCUT2D eigenvalue weighted by Gasteiger charge is -2.37. The van der Waals surface area contributed by atoms with Gasteiger partial charge >= 0.3 is 0 Å². The standard InChI is InChI=1S/C17H27BrN2/c1-13(2)20(12-15-8-10-19-11-9-15)14(3)16-6-4-5-7-17(16)18/h4-7,13-15,19H,8-12H2,1-3H3. The smallest absolute Gasteiger partial charge is 0.0333 e. The Morgan fingerprint density at radius 2 is 1.85 bits per heavy atom. The minimum absolute atomic E-state index is 0.459. The molecule has 1 aliphatic heterocycles. The van der Waals surface area contributed by atoms with Crippen LogP contribution in [0.15, 0.2) is 28.7 Å². The van der Waals surface area contributed by atoms with Gasteiger partial charge in [0.05, 0.1) is 0 Å². The number of halogens is 1. The van der Waals surface area contributed by atoms with Crippen molar-refractivity contribution >= 4 is 15.9 Å². The van der Waals surface area contributed by atoms with Crippen LogP contribution < -0.4 is 5.32 Å². The molecule has 1 N–H and O–H groups in total. The van der Waals surface area contributed by atoms with Gasteiger partial charge in [0.15, 0.2) is 0 Å². The van der Waals surface area contributed by atoms with E-state index in [1.54, 1.807) is 0 Å². The summed E-state index contributed by atoms with van der Waals surface area (Å²) in [6.45, 7) is 10.5. The predicted molar refractivity (Wildman–Crippen MR) is 90.0 cm³/mol. The Morgan fingerprint density at radius 1 is 1.20 bits per heavy atom. The molecule has 1 fully saturated rings. The van der Waals surface area contributed by atoms with Crippen molar-refractivity contribution in [3.8, 4) is 0 Å². The van der Waals surface area contributed by atoms with Crippen LogP contribution in [0, 0.1) is 5.92 Å². The third kappa shape index (κ3) is 4.06. The molecule has 0 spiro atoms. The van der Waals surface area contributed by atoms with Gasteiger partial charge < -0.3 is 5.32 Å². The van der Waals surface area contributed by atoms with Gasteiger partial charge in [-0.05, 0) is 64.3 Å². The van der Waals surface area contributed by atoms with Crippen LogP contribution in [0.2, 0.25) is 0 Å². The summed E-state index contributed by atoms with van der Waals surface area (Å²) in [5.74, 6) is 0.837. The molecule has 2 rings (SSSR count). The molecule has 1 aliphatic rings. The second-order valence-corrected chi connectivity index (χ2v) is 7.04. The van der Waals surface area contributed by atoms with Crippen LogP contribution in [-0.4, -0.2) is 30.6 Å². The quantitative estimate of drug-likeness (QED) is 0.864. The fourth-order valence-corrected chi connectivity index (χ4v) is 3.79.